The van der Waals surface area contributed by atoms with Gasteiger partial charge < -0.3 is 10.6 Å². The van der Waals surface area contributed by atoms with E-state index in [0.717, 1.165) is 6.54 Å². The molecular weight excluding hydrogens is 172 g/mol. The monoisotopic (exact) mass is 198 g/mol. The van der Waals surface area contributed by atoms with Crippen LogP contribution in [0, 0.1) is 5.41 Å². The second kappa shape index (κ2) is 5.72. The Kier molecular flexibility index (Phi) is 4.90. The third-order valence-corrected chi connectivity index (χ3v) is 3.36. The van der Waals surface area contributed by atoms with E-state index in [4.69, 9.17) is 5.73 Å². The fourth-order valence-corrected chi connectivity index (χ4v) is 2.18. The molecule has 0 radical (unpaired) electrons. The van der Waals surface area contributed by atoms with E-state index in [-0.39, 0.29) is 0 Å². The van der Waals surface area contributed by atoms with Crippen molar-refractivity contribution in [1.82, 2.24) is 4.90 Å². The zero-order valence-electron chi connectivity index (χ0n) is 9.89. The summed E-state index contributed by atoms with van der Waals surface area (Å²) in [7, 11) is 0. The molecular formula is C12H26N2. The van der Waals surface area contributed by atoms with Gasteiger partial charge in [-0.2, -0.15) is 0 Å². The molecule has 0 aliphatic carbocycles. The molecule has 1 heterocycles. The highest BCUT2D eigenvalue weighted by molar-refractivity contribution is 4.75. The Hall–Kier alpha value is -0.0800. The second-order valence-corrected chi connectivity index (χ2v) is 5.36. The van der Waals surface area contributed by atoms with Gasteiger partial charge in [0, 0.05) is 0 Å². The molecule has 0 saturated carbocycles. The summed E-state index contributed by atoms with van der Waals surface area (Å²) in [5.41, 5.74) is 6.07. The molecule has 2 nitrogen and oxygen atoms in total. The van der Waals surface area contributed by atoms with E-state index in [1.165, 1.54) is 51.7 Å². The van der Waals surface area contributed by atoms with Gasteiger partial charge in [0.15, 0.2) is 0 Å². The van der Waals surface area contributed by atoms with Gasteiger partial charge in [0.05, 0.1) is 0 Å². The van der Waals surface area contributed by atoms with Crippen LogP contribution in [-0.4, -0.2) is 31.1 Å². The molecule has 0 spiro atoms. The topological polar surface area (TPSA) is 29.3 Å². The largest absolute Gasteiger partial charge is 0.330 e. The molecule has 1 aliphatic rings. The first-order valence-corrected chi connectivity index (χ1v) is 6.06. The molecule has 0 bridgehead atoms. The molecule has 1 aliphatic heterocycles. The number of likely N-dealkylation sites (tertiary alicyclic amines) is 1. The standard InChI is InChI=1S/C12H26N2/c1-12(2)6-5-10-14(11-7-12)9-4-3-8-13/h3-11,13H2,1-2H3. The molecule has 0 amide bonds. The van der Waals surface area contributed by atoms with E-state index in [1.807, 2.05) is 0 Å². The van der Waals surface area contributed by atoms with Crippen molar-refractivity contribution in [2.75, 3.05) is 26.2 Å². The van der Waals surface area contributed by atoms with E-state index >= 15 is 0 Å². The zero-order valence-corrected chi connectivity index (χ0v) is 9.89. The second-order valence-electron chi connectivity index (χ2n) is 5.36. The Morgan fingerprint density at radius 1 is 1.14 bits per heavy atom. The third-order valence-electron chi connectivity index (χ3n) is 3.36. The first-order valence-electron chi connectivity index (χ1n) is 6.06. The molecule has 0 unspecified atom stereocenters. The lowest BCUT2D eigenvalue weighted by Crippen LogP contribution is -2.27. The quantitative estimate of drug-likeness (QED) is 0.702. The summed E-state index contributed by atoms with van der Waals surface area (Å²) in [6, 6.07) is 0. The van der Waals surface area contributed by atoms with Crippen molar-refractivity contribution in [2.24, 2.45) is 11.1 Å². The molecule has 0 aromatic heterocycles. The number of nitrogens with two attached hydrogens (primary N) is 1. The van der Waals surface area contributed by atoms with E-state index in [9.17, 15) is 0 Å². The fraction of sp³-hybridized carbons (Fsp3) is 1.00. The van der Waals surface area contributed by atoms with Crippen LogP contribution >= 0.6 is 0 Å². The summed E-state index contributed by atoms with van der Waals surface area (Å²) in [6.45, 7) is 9.49. The maximum atomic E-state index is 5.50. The molecule has 1 rings (SSSR count). The molecule has 0 atom stereocenters. The SMILES string of the molecule is CC1(C)CCCN(CCCCN)CC1. The average Bonchev–Trinajstić information content (AvgIpc) is 2.28. The van der Waals surface area contributed by atoms with Crippen molar-refractivity contribution >= 4 is 0 Å². The Morgan fingerprint density at radius 3 is 2.64 bits per heavy atom. The summed E-state index contributed by atoms with van der Waals surface area (Å²) >= 11 is 0. The Morgan fingerprint density at radius 2 is 1.93 bits per heavy atom. The van der Waals surface area contributed by atoms with Crippen LogP contribution in [0.25, 0.3) is 0 Å². The van der Waals surface area contributed by atoms with Crippen molar-refractivity contribution in [3.8, 4) is 0 Å². The molecule has 2 heteroatoms. The van der Waals surface area contributed by atoms with Crippen molar-refractivity contribution in [3.05, 3.63) is 0 Å². The van der Waals surface area contributed by atoms with Crippen molar-refractivity contribution in [2.45, 2.75) is 46.0 Å². The molecule has 84 valence electrons. The van der Waals surface area contributed by atoms with Gasteiger partial charge >= 0.3 is 0 Å². The normalized spacial score (nSPS) is 23.4. The van der Waals surface area contributed by atoms with Crippen LogP contribution in [0.1, 0.15) is 46.0 Å². The van der Waals surface area contributed by atoms with Gasteiger partial charge in [-0.15, -0.1) is 0 Å². The van der Waals surface area contributed by atoms with Gasteiger partial charge in [-0.05, 0) is 63.7 Å². The number of hydrogen-bond donors (Lipinski definition) is 1. The molecule has 0 aromatic rings. The van der Waals surface area contributed by atoms with Gasteiger partial charge in [0.25, 0.3) is 0 Å². The van der Waals surface area contributed by atoms with E-state index in [1.54, 1.807) is 0 Å². The number of rotatable bonds is 4. The summed E-state index contributed by atoms with van der Waals surface area (Å²) in [5, 5.41) is 0. The van der Waals surface area contributed by atoms with Crippen LogP contribution in [0.4, 0.5) is 0 Å². The van der Waals surface area contributed by atoms with Crippen LogP contribution in [0.3, 0.4) is 0 Å². The minimum atomic E-state index is 0.572. The van der Waals surface area contributed by atoms with Crippen LogP contribution in [0.15, 0.2) is 0 Å². The lowest BCUT2D eigenvalue weighted by molar-refractivity contribution is 0.258. The van der Waals surface area contributed by atoms with Crippen LogP contribution in [0.5, 0.6) is 0 Å². The Bertz CT molecular complexity index is 154. The first kappa shape index (κ1) is 12.0. The summed E-state index contributed by atoms with van der Waals surface area (Å²) in [6.07, 6.45) is 6.57. The van der Waals surface area contributed by atoms with E-state index < -0.39 is 0 Å². The van der Waals surface area contributed by atoms with Gasteiger partial charge in [-0.1, -0.05) is 13.8 Å². The number of unbranched alkanes of at least 4 members (excludes halogenated alkanes) is 1. The van der Waals surface area contributed by atoms with Crippen molar-refractivity contribution < 1.29 is 0 Å². The average molecular weight is 198 g/mol. The number of nitrogens with zero attached hydrogens (tertiary/aromatic N) is 1. The minimum Gasteiger partial charge on any atom is -0.330 e. The predicted molar refractivity (Wildman–Crippen MR) is 62.4 cm³/mol. The first-order chi connectivity index (χ1) is 6.64. The van der Waals surface area contributed by atoms with Crippen LogP contribution in [-0.2, 0) is 0 Å². The lowest BCUT2D eigenvalue weighted by atomic mass is 9.85. The zero-order chi connectivity index (χ0) is 10.4. The van der Waals surface area contributed by atoms with Gasteiger partial charge in [0.2, 0.25) is 0 Å². The van der Waals surface area contributed by atoms with Gasteiger partial charge in [-0.3, -0.25) is 0 Å². The smallest absolute Gasteiger partial charge is 0.00136 e. The summed E-state index contributed by atoms with van der Waals surface area (Å²) in [5.74, 6) is 0. The third kappa shape index (κ3) is 4.43. The molecule has 2 N–H and O–H groups in total. The molecule has 14 heavy (non-hydrogen) atoms. The fourth-order valence-electron chi connectivity index (χ4n) is 2.18. The van der Waals surface area contributed by atoms with Crippen molar-refractivity contribution in [1.29, 1.82) is 0 Å². The van der Waals surface area contributed by atoms with Gasteiger partial charge in [-0.25, -0.2) is 0 Å². The highest BCUT2D eigenvalue weighted by atomic mass is 15.1. The van der Waals surface area contributed by atoms with E-state index in [2.05, 4.69) is 18.7 Å². The minimum absolute atomic E-state index is 0.572. The lowest BCUT2D eigenvalue weighted by Gasteiger charge is -2.23. The predicted octanol–water partition coefficient (Wildman–Crippen LogP) is 2.24. The molecule has 1 fully saturated rings. The molecule has 0 aromatic carbocycles. The highest BCUT2D eigenvalue weighted by Crippen LogP contribution is 2.29. The summed E-state index contributed by atoms with van der Waals surface area (Å²) in [4.78, 5) is 2.62. The molecule has 1 saturated heterocycles. The maximum Gasteiger partial charge on any atom is -0.00136 e. The van der Waals surface area contributed by atoms with Crippen LogP contribution in [0.2, 0.25) is 0 Å². The van der Waals surface area contributed by atoms with Crippen LogP contribution < -0.4 is 5.73 Å². The maximum absolute atomic E-state index is 5.50. The Labute approximate surface area is 88.8 Å². The van der Waals surface area contributed by atoms with Crippen molar-refractivity contribution in [3.63, 3.8) is 0 Å². The van der Waals surface area contributed by atoms with Gasteiger partial charge in [0.1, 0.15) is 0 Å². The van der Waals surface area contributed by atoms with E-state index in [0.29, 0.717) is 5.41 Å². The summed E-state index contributed by atoms with van der Waals surface area (Å²) < 4.78 is 0. The Balaban J connectivity index is 2.21. The number of hydrogen-bond acceptors (Lipinski definition) is 2. The highest BCUT2D eigenvalue weighted by Gasteiger charge is 2.22.